The molecule has 5 rings (SSSR count). The molecule has 1 fully saturated rings. The lowest BCUT2D eigenvalue weighted by molar-refractivity contribution is 0.212. The fraction of sp³-hybridized carbons (Fsp3) is 0.286. The molecule has 1 saturated heterocycles. The van der Waals surface area contributed by atoms with Crippen molar-refractivity contribution in [2.75, 3.05) is 52.4 Å². The quantitative estimate of drug-likeness (QED) is 0.143. The Hall–Kier alpha value is -5.90. The first kappa shape index (κ1) is 37.4. The number of nitrogens with zero attached hydrogens (tertiary/aromatic N) is 8. The van der Waals surface area contributed by atoms with Gasteiger partial charge in [-0.25, -0.2) is 19.6 Å². The van der Waals surface area contributed by atoms with Crippen LogP contribution in [-0.4, -0.2) is 107 Å². The van der Waals surface area contributed by atoms with E-state index in [1.54, 1.807) is 9.80 Å². The molecule has 0 bridgehead atoms. The maximum Gasteiger partial charge on any atom is 0.345 e. The largest absolute Gasteiger partial charge is 0.352 e. The van der Waals surface area contributed by atoms with E-state index in [1.807, 2.05) is 149 Å². The molecule has 10 nitrogen and oxygen atoms in total. The van der Waals surface area contributed by atoms with Gasteiger partial charge in [-0.3, -0.25) is 0 Å². The van der Waals surface area contributed by atoms with E-state index in [0.29, 0.717) is 64.0 Å². The molecule has 0 spiro atoms. The van der Waals surface area contributed by atoms with Crippen molar-refractivity contribution in [2.45, 2.75) is 27.7 Å². The number of urea groups is 2. The van der Waals surface area contributed by atoms with Crippen molar-refractivity contribution in [1.29, 1.82) is 0 Å². The molecule has 10 heteroatoms. The first-order valence-corrected chi connectivity index (χ1v) is 18.1. The van der Waals surface area contributed by atoms with E-state index in [2.05, 4.69) is 19.8 Å². The minimum Gasteiger partial charge on any atom is -0.352 e. The van der Waals surface area contributed by atoms with E-state index in [1.165, 1.54) is 0 Å². The van der Waals surface area contributed by atoms with E-state index in [4.69, 9.17) is 9.98 Å². The third kappa shape index (κ3) is 9.66. The molecule has 52 heavy (non-hydrogen) atoms. The van der Waals surface area contributed by atoms with Crippen LogP contribution in [0, 0.1) is 0 Å². The van der Waals surface area contributed by atoms with Crippen LogP contribution in [0.25, 0.3) is 0 Å². The van der Waals surface area contributed by atoms with E-state index in [-0.39, 0.29) is 12.1 Å². The van der Waals surface area contributed by atoms with Crippen LogP contribution in [0.5, 0.6) is 0 Å². The first-order chi connectivity index (χ1) is 25.4. The summed E-state index contributed by atoms with van der Waals surface area (Å²) < 4.78 is 0. The summed E-state index contributed by atoms with van der Waals surface area (Å²) in [6, 6.07) is 38.7. The van der Waals surface area contributed by atoms with Crippen molar-refractivity contribution in [3.8, 4) is 0 Å². The summed E-state index contributed by atoms with van der Waals surface area (Å²) in [5, 5.41) is 0. The molecular formula is C42H48N8O2. The number of aliphatic imine (C=N–C) groups is 4. The predicted octanol–water partition coefficient (Wildman–Crippen LogP) is 7.31. The van der Waals surface area contributed by atoms with Gasteiger partial charge in [-0.1, -0.05) is 121 Å². The normalized spacial score (nSPS) is 14.3. The van der Waals surface area contributed by atoms with Crippen molar-refractivity contribution in [3.05, 3.63) is 144 Å². The highest BCUT2D eigenvalue weighted by Crippen LogP contribution is 2.17. The van der Waals surface area contributed by atoms with Gasteiger partial charge >= 0.3 is 12.1 Å². The molecule has 0 saturated carbocycles. The third-order valence-electron chi connectivity index (χ3n) is 8.90. The third-order valence-corrected chi connectivity index (χ3v) is 8.90. The Bertz CT molecular complexity index is 1720. The predicted molar refractivity (Wildman–Crippen MR) is 212 cm³/mol. The molecule has 0 aliphatic carbocycles. The molecule has 4 amide bonds. The molecule has 0 unspecified atom stereocenters. The van der Waals surface area contributed by atoms with Crippen LogP contribution >= 0.6 is 0 Å². The fourth-order valence-corrected chi connectivity index (χ4v) is 5.93. The number of carbonyl (C=O) groups is 2. The van der Waals surface area contributed by atoms with Crippen molar-refractivity contribution in [3.63, 3.8) is 0 Å². The molecule has 0 aromatic heterocycles. The van der Waals surface area contributed by atoms with Crippen LogP contribution in [-0.2, 0) is 0 Å². The van der Waals surface area contributed by atoms with Gasteiger partial charge in [0.1, 0.15) is 11.7 Å². The minimum absolute atomic E-state index is 0.316. The number of amidine groups is 4. The lowest BCUT2D eigenvalue weighted by atomic mass is 10.1. The zero-order valence-electron chi connectivity index (χ0n) is 30.6. The van der Waals surface area contributed by atoms with Gasteiger partial charge in [0.15, 0.2) is 11.7 Å². The molecule has 268 valence electrons. The van der Waals surface area contributed by atoms with Crippen LogP contribution in [0.2, 0.25) is 0 Å². The Morgan fingerprint density at radius 1 is 0.442 bits per heavy atom. The van der Waals surface area contributed by atoms with Crippen LogP contribution in [0.1, 0.15) is 49.9 Å². The first-order valence-electron chi connectivity index (χ1n) is 18.1. The van der Waals surface area contributed by atoms with Gasteiger partial charge in [0.25, 0.3) is 0 Å². The van der Waals surface area contributed by atoms with Crippen molar-refractivity contribution >= 4 is 35.4 Å². The maximum atomic E-state index is 13.3. The van der Waals surface area contributed by atoms with Gasteiger partial charge in [0.05, 0.1) is 0 Å². The average Bonchev–Trinajstić information content (AvgIpc) is 3.20. The highest BCUT2D eigenvalue weighted by Gasteiger charge is 2.26. The highest BCUT2D eigenvalue weighted by molar-refractivity contribution is 6.15. The fourth-order valence-electron chi connectivity index (χ4n) is 5.93. The number of piperazine rings is 1. The SMILES string of the molecule is CCN(CC)C(=O)/N=C(/N=C(c1ccccc1)N1CCN(C(=N/C(=N/C(=O)N(CC)CC)c2ccccc2)c2ccccc2)CC1)c1ccccc1. The van der Waals surface area contributed by atoms with Crippen molar-refractivity contribution in [1.82, 2.24) is 19.6 Å². The standard InChI is InChI=1S/C42H48N8O2/c1-5-47(6-2)41(51)45-37(33-21-13-9-14-22-33)43-39(35-25-17-11-18-26-35)49-29-31-50(32-30-49)40(36-27-19-12-20-28-36)44-38(34-23-15-10-16-24-34)46-42(52)48(7-3)8-4/h9-28H,5-8,29-32H2,1-4H3/b43-39?,44-40?,45-37+,46-38+. The smallest absolute Gasteiger partial charge is 0.345 e. The van der Waals surface area contributed by atoms with Crippen LogP contribution in [0.4, 0.5) is 9.59 Å². The van der Waals surface area contributed by atoms with E-state index in [0.717, 1.165) is 33.9 Å². The molecular weight excluding hydrogens is 649 g/mol. The Morgan fingerprint density at radius 2 is 0.712 bits per heavy atom. The van der Waals surface area contributed by atoms with Crippen LogP contribution in [0.3, 0.4) is 0 Å². The van der Waals surface area contributed by atoms with E-state index >= 15 is 0 Å². The summed E-state index contributed by atoms with van der Waals surface area (Å²) in [5.41, 5.74) is 3.39. The molecule has 1 aliphatic heterocycles. The summed E-state index contributed by atoms with van der Waals surface area (Å²) >= 11 is 0. The molecule has 4 aromatic rings. The number of rotatable bonds is 8. The second-order valence-electron chi connectivity index (χ2n) is 12.1. The number of hydrogen-bond acceptors (Lipinski definition) is 2. The maximum absolute atomic E-state index is 13.3. The molecule has 1 aliphatic rings. The summed E-state index contributed by atoms with van der Waals surface area (Å²) in [6.07, 6.45) is 0. The van der Waals surface area contributed by atoms with Crippen LogP contribution in [0.15, 0.2) is 141 Å². The zero-order chi connectivity index (χ0) is 36.7. The minimum atomic E-state index is -0.316. The number of benzene rings is 4. The Labute approximate surface area is 307 Å². The van der Waals surface area contributed by atoms with Gasteiger partial charge in [-0.15, -0.1) is 0 Å². The Morgan fingerprint density at radius 3 is 0.981 bits per heavy atom. The molecule has 0 atom stereocenters. The second-order valence-corrected chi connectivity index (χ2v) is 12.1. The van der Waals surface area contributed by atoms with Gasteiger partial charge < -0.3 is 19.6 Å². The average molecular weight is 697 g/mol. The van der Waals surface area contributed by atoms with Gasteiger partial charge in [0, 0.05) is 74.6 Å². The van der Waals surface area contributed by atoms with E-state index < -0.39 is 0 Å². The Kier molecular flexibility index (Phi) is 13.6. The monoisotopic (exact) mass is 696 g/mol. The van der Waals surface area contributed by atoms with Gasteiger partial charge in [0.2, 0.25) is 0 Å². The lowest BCUT2D eigenvalue weighted by Gasteiger charge is -2.38. The molecule has 0 N–H and O–H groups in total. The number of carbonyl (C=O) groups excluding carboxylic acids is 2. The summed E-state index contributed by atoms with van der Waals surface area (Å²) in [6.45, 7) is 12.5. The second kappa shape index (κ2) is 18.9. The molecule has 1 heterocycles. The molecule has 0 radical (unpaired) electrons. The number of amides is 4. The zero-order valence-corrected chi connectivity index (χ0v) is 30.6. The van der Waals surface area contributed by atoms with Gasteiger partial charge in [-0.2, -0.15) is 9.98 Å². The number of hydrogen-bond donors (Lipinski definition) is 0. The summed E-state index contributed by atoms with van der Waals surface area (Å²) in [4.78, 5) is 53.8. The Balaban J connectivity index is 1.53. The summed E-state index contributed by atoms with van der Waals surface area (Å²) in [7, 11) is 0. The van der Waals surface area contributed by atoms with Gasteiger partial charge in [-0.05, 0) is 27.7 Å². The van der Waals surface area contributed by atoms with E-state index in [9.17, 15) is 9.59 Å². The van der Waals surface area contributed by atoms with Crippen molar-refractivity contribution < 1.29 is 9.59 Å². The lowest BCUT2D eigenvalue weighted by Crippen LogP contribution is -2.51. The highest BCUT2D eigenvalue weighted by atomic mass is 16.2. The van der Waals surface area contributed by atoms with Crippen molar-refractivity contribution in [2.24, 2.45) is 20.0 Å². The summed E-state index contributed by atoms with van der Waals surface area (Å²) in [5.74, 6) is 2.22. The molecule has 4 aromatic carbocycles. The topological polar surface area (TPSA) is 96.5 Å². The van der Waals surface area contributed by atoms with Crippen LogP contribution < -0.4 is 0 Å².